The number of hydrogen-bond donors (Lipinski definition) is 0. The first-order valence-corrected chi connectivity index (χ1v) is 10.2. The Morgan fingerprint density at radius 3 is 2.00 bits per heavy atom. The molecule has 0 bridgehead atoms. The highest BCUT2D eigenvalue weighted by atomic mass is 19.2. The molecule has 1 aromatic rings. The maximum Gasteiger partial charge on any atom is 0.194 e. The van der Waals surface area contributed by atoms with E-state index in [-0.39, 0.29) is 24.3 Å². The van der Waals surface area contributed by atoms with E-state index in [4.69, 9.17) is 5.48 Å². The molecule has 3 heteroatoms. The third kappa shape index (κ3) is 5.04. The van der Waals surface area contributed by atoms with Crippen LogP contribution in [0.5, 0.6) is 0 Å². The van der Waals surface area contributed by atoms with Gasteiger partial charge in [-0.15, -0.1) is 0 Å². The van der Waals surface area contributed by atoms with Crippen molar-refractivity contribution in [2.24, 2.45) is 23.7 Å². The zero-order valence-electron chi connectivity index (χ0n) is 19.7. The Kier molecular flexibility index (Phi) is 5.35. The maximum atomic E-state index is 13.5. The highest BCUT2D eigenvalue weighted by Crippen LogP contribution is 2.42. The van der Waals surface area contributed by atoms with Gasteiger partial charge in [0, 0.05) is 5.48 Å². The Labute approximate surface area is 162 Å². The second kappa shape index (κ2) is 9.28. The predicted molar refractivity (Wildman–Crippen MR) is 100 cm³/mol. The molecule has 0 N–H and O–H groups in total. The molecule has 0 spiro atoms. The average Bonchev–Trinajstić information content (AvgIpc) is 2.65. The van der Waals surface area contributed by atoms with Gasteiger partial charge < -0.3 is 0 Å². The summed E-state index contributed by atoms with van der Waals surface area (Å²) < 4.78 is 74.5. The van der Waals surface area contributed by atoms with Gasteiger partial charge in [0.25, 0.3) is 0 Å². The molecule has 3 rings (SSSR count). The number of halogens is 3. The van der Waals surface area contributed by atoms with Gasteiger partial charge in [-0.2, -0.15) is 0 Å². The standard InChI is InChI=1S/C23H33F3/c1-2-3-16-6-10-19(11-7-16)20-12-8-17(9-13-20)4-5-18-14-21(24)23(26)22(25)15-18/h14-17,19-20H,2-13H2,1H3/t16-,17?,19-,20?/i8D2,9D2. The van der Waals surface area contributed by atoms with Crippen molar-refractivity contribution in [3.05, 3.63) is 35.1 Å². The lowest BCUT2D eigenvalue weighted by molar-refractivity contribution is 0.141. The van der Waals surface area contributed by atoms with Gasteiger partial charge in [0.05, 0.1) is 0 Å². The summed E-state index contributed by atoms with van der Waals surface area (Å²) in [6.07, 6.45) is 4.44. The normalized spacial score (nSPS) is 35.8. The molecule has 0 saturated heterocycles. The first-order chi connectivity index (χ1) is 14.0. The Hall–Kier alpha value is -0.990. The molecule has 0 unspecified atom stereocenters. The Morgan fingerprint density at radius 1 is 0.846 bits per heavy atom. The molecule has 0 amide bonds. The van der Waals surface area contributed by atoms with E-state index in [1.165, 1.54) is 12.8 Å². The minimum atomic E-state index is -1.68. The minimum Gasteiger partial charge on any atom is -0.204 e. The second-order valence-electron chi connectivity index (χ2n) is 8.11. The second-order valence-corrected chi connectivity index (χ2v) is 8.11. The Morgan fingerprint density at radius 2 is 1.42 bits per heavy atom. The van der Waals surface area contributed by atoms with Gasteiger partial charge in [0.1, 0.15) is 0 Å². The molecule has 0 atom stereocenters. The lowest BCUT2D eigenvalue weighted by Gasteiger charge is -2.38. The van der Waals surface area contributed by atoms with E-state index >= 15 is 0 Å². The van der Waals surface area contributed by atoms with Crippen LogP contribution in [-0.4, -0.2) is 0 Å². The van der Waals surface area contributed by atoms with E-state index in [1.54, 1.807) is 0 Å². The summed E-state index contributed by atoms with van der Waals surface area (Å²) in [7, 11) is 0. The van der Waals surface area contributed by atoms with Gasteiger partial charge in [0.15, 0.2) is 17.5 Å². The van der Waals surface area contributed by atoms with Crippen molar-refractivity contribution in [1.82, 2.24) is 0 Å². The van der Waals surface area contributed by atoms with Crippen LogP contribution in [0.15, 0.2) is 12.1 Å². The van der Waals surface area contributed by atoms with Crippen molar-refractivity contribution < 1.29 is 18.7 Å². The first kappa shape index (κ1) is 15.0. The van der Waals surface area contributed by atoms with Crippen molar-refractivity contribution in [2.45, 2.75) is 83.9 Å². The lowest BCUT2D eigenvalue weighted by atomic mass is 9.68. The fourth-order valence-electron chi connectivity index (χ4n) is 4.69. The van der Waals surface area contributed by atoms with Crippen LogP contribution in [0.3, 0.4) is 0 Å². The van der Waals surface area contributed by atoms with Crippen molar-refractivity contribution in [3.63, 3.8) is 0 Å². The molecule has 26 heavy (non-hydrogen) atoms. The summed E-state index contributed by atoms with van der Waals surface area (Å²) in [6, 6.07) is 1.84. The van der Waals surface area contributed by atoms with E-state index in [0.717, 1.165) is 43.7 Å². The van der Waals surface area contributed by atoms with E-state index in [1.807, 2.05) is 0 Å². The summed E-state index contributed by atoms with van der Waals surface area (Å²) >= 11 is 0. The zero-order valence-corrected chi connectivity index (χ0v) is 15.7. The zero-order chi connectivity index (χ0) is 22.1. The number of hydrogen-bond acceptors (Lipinski definition) is 0. The van der Waals surface area contributed by atoms with Gasteiger partial charge >= 0.3 is 0 Å². The van der Waals surface area contributed by atoms with Gasteiger partial charge in [-0.05, 0) is 79.9 Å². The van der Waals surface area contributed by atoms with Crippen LogP contribution in [0.4, 0.5) is 13.2 Å². The largest absolute Gasteiger partial charge is 0.204 e. The molecule has 0 heterocycles. The number of benzene rings is 1. The van der Waals surface area contributed by atoms with Crippen LogP contribution in [0.25, 0.3) is 0 Å². The molecule has 146 valence electrons. The van der Waals surface area contributed by atoms with Crippen molar-refractivity contribution >= 4 is 0 Å². The predicted octanol–water partition coefficient (Wildman–Crippen LogP) is 7.45. The highest BCUT2D eigenvalue weighted by Gasteiger charge is 2.30. The molecule has 2 aliphatic carbocycles. The van der Waals surface area contributed by atoms with Crippen LogP contribution >= 0.6 is 0 Å². The van der Waals surface area contributed by atoms with E-state index in [9.17, 15) is 13.2 Å². The maximum absolute atomic E-state index is 13.5. The van der Waals surface area contributed by atoms with Crippen molar-refractivity contribution in [3.8, 4) is 0 Å². The fraction of sp³-hybridized carbons (Fsp3) is 0.739. The average molecular weight is 371 g/mol. The topological polar surface area (TPSA) is 0 Å². The van der Waals surface area contributed by atoms with Gasteiger partial charge in [-0.25, -0.2) is 13.2 Å². The number of aryl methyl sites for hydroxylation is 1. The summed E-state index contributed by atoms with van der Waals surface area (Å²) in [4.78, 5) is 0. The molecular formula is C23H33F3. The van der Waals surface area contributed by atoms with Gasteiger partial charge in [0.2, 0.25) is 0 Å². The highest BCUT2D eigenvalue weighted by molar-refractivity contribution is 5.19. The van der Waals surface area contributed by atoms with Crippen LogP contribution in [0.1, 0.15) is 88.5 Å². The molecular weight excluding hydrogens is 333 g/mol. The van der Waals surface area contributed by atoms with Crippen LogP contribution in [-0.2, 0) is 6.42 Å². The molecule has 0 nitrogen and oxygen atoms in total. The molecule has 2 aliphatic rings. The Balaban J connectivity index is 1.65. The monoisotopic (exact) mass is 370 g/mol. The van der Waals surface area contributed by atoms with Gasteiger partial charge in [-0.3, -0.25) is 0 Å². The SMILES string of the molecule is [2H]C1([2H])CC([C@H]2CC[C@H](CCC)CC2)CC([2H])([2H])C1CCc1cc(F)c(F)c(F)c1. The first-order valence-electron chi connectivity index (χ1n) is 12.2. The smallest absolute Gasteiger partial charge is 0.194 e. The van der Waals surface area contributed by atoms with Crippen LogP contribution in [0, 0.1) is 41.1 Å². The van der Waals surface area contributed by atoms with Crippen molar-refractivity contribution in [1.29, 1.82) is 0 Å². The molecule has 0 aliphatic heterocycles. The third-order valence-corrected chi connectivity index (χ3v) is 6.27. The lowest BCUT2D eigenvalue weighted by Crippen LogP contribution is -2.26. The third-order valence-electron chi connectivity index (χ3n) is 6.27. The van der Waals surface area contributed by atoms with E-state index in [2.05, 4.69) is 6.92 Å². The van der Waals surface area contributed by atoms with Crippen molar-refractivity contribution in [2.75, 3.05) is 0 Å². The summed E-state index contributed by atoms with van der Waals surface area (Å²) in [5.41, 5.74) is 0.231. The summed E-state index contributed by atoms with van der Waals surface area (Å²) in [6.45, 7) is 2.20. The molecule has 0 radical (unpaired) electrons. The minimum absolute atomic E-state index is 0.0366. The summed E-state index contributed by atoms with van der Waals surface area (Å²) in [5.74, 6) is -3.73. The van der Waals surface area contributed by atoms with Crippen LogP contribution in [0.2, 0.25) is 0 Å². The number of rotatable bonds is 6. The van der Waals surface area contributed by atoms with E-state index < -0.39 is 36.1 Å². The quantitative estimate of drug-likeness (QED) is 0.456. The van der Waals surface area contributed by atoms with Crippen LogP contribution < -0.4 is 0 Å². The molecule has 2 saturated carbocycles. The molecule has 2 fully saturated rings. The Bertz CT molecular complexity index is 688. The van der Waals surface area contributed by atoms with E-state index in [0.29, 0.717) is 18.8 Å². The fourth-order valence-corrected chi connectivity index (χ4v) is 4.69. The summed E-state index contributed by atoms with van der Waals surface area (Å²) in [5, 5.41) is 0. The molecule has 1 aromatic carbocycles. The van der Waals surface area contributed by atoms with Gasteiger partial charge in [-0.1, -0.05) is 45.4 Å². The molecule has 0 aromatic heterocycles.